The molecular weight excluding hydrogens is 258 g/mol. The second kappa shape index (κ2) is 6.31. The van der Waals surface area contributed by atoms with Crippen LogP contribution in [0.4, 0.5) is 0 Å². The second-order valence-electron chi connectivity index (χ2n) is 6.00. The van der Waals surface area contributed by atoms with Crippen LogP contribution in [0.1, 0.15) is 46.3 Å². The number of benzene rings is 2. The third kappa shape index (κ3) is 3.64. The van der Waals surface area contributed by atoms with E-state index >= 15 is 0 Å². The molecule has 0 fully saturated rings. The largest absolute Gasteiger partial charge is 0.489 e. The van der Waals surface area contributed by atoms with Crippen LogP contribution in [-0.4, -0.2) is 0 Å². The van der Waals surface area contributed by atoms with E-state index in [1.807, 2.05) is 6.92 Å². The smallest absolute Gasteiger partial charge is 0.124 e. The molecule has 0 bridgehead atoms. The highest BCUT2D eigenvalue weighted by Crippen LogP contribution is 2.27. The molecule has 2 rings (SSSR count). The van der Waals surface area contributed by atoms with E-state index in [2.05, 4.69) is 58.0 Å². The predicted molar refractivity (Wildman–Crippen MR) is 88.8 cm³/mol. The highest BCUT2D eigenvalue weighted by atomic mass is 16.5. The minimum absolute atomic E-state index is 0.0270. The molecule has 2 nitrogen and oxygen atoms in total. The van der Waals surface area contributed by atoms with Crippen molar-refractivity contribution in [3.63, 3.8) is 0 Å². The lowest BCUT2D eigenvalue weighted by molar-refractivity contribution is 0.299. The Labute approximate surface area is 127 Å². The molecule has 2 N–H and O–H groups in total. The lowest BCUT2D eigenvalue weighted by atomic mass is 10.0. The fourth-order valence-corrected chi connectivity index (χ4v) is 2.73. The fourth-order valence-electron chi connectivity index (χ4n) is 2.73. The van der Waals surface area contributed by atoms with Crippen molar-refractivity contribution in [3.05, 3.63) is 63.7 Å². The average molecular weight is 283 g/mol. The molecule has 0 saturated heterocycles. The van der Waals surface area contributed by atoms with Crippen LogP contribution in [0.25, 0.3) is 0 Å². The van der Waals surface area contributed by atoms with Crippen molar-refractivity contribution in [2.45, 2.75) is 47.3 Å². The molecule has 0 unspecified atom stereocenters. The minimum atomic E-state index is -0.0270. The van der Waals surface area contributed by atoms with Gasteiger partial charge < -0.3 is 10.5 Å². The molecular formula is C19H25NO. The van der Waals surface area contributed by atoms with Crippen molar-refractivity contribution >= 4 is 0 Å². The lowest BCUT2D eigenvalue weighted by Gasteiger charge is -2.17. The van der Waals surface area contributed by atoms with Crippen molar-refractivity contribution in [2.24, 2.45) is 5.73 Å². The van der Waals surface area contributed by atoms with Crippen LogP contribution in [0.3, 0.4) is 0 Å². The van der Waals surface area contributed by atoms with Gasteiger partial charge in [-0.05, 0) is 62.9 Å². The summed E-state index contributed by atoms with van der Waals surface area (Å²) in [5.74, 6) is 0.893. The molecule has 0 spiro atoms. The van der Waals surface area contributed by atoms with Crippen molar-refractivity contribution < 1.29 is 4.74 Å². The maximum absolute atomic E-state index is 6.09. The van der Waals surface area contributed by atoms with Crippen LogP contribution in [-0.2, 0) is 6.61 Å². The van der Waals surface area contributed by atoms with Gasteiger partial charge in [-0.15, -0.1) is 0 Å². The van der Waals surface area contributed by atoms with Gasteiger partial charge in [-0.25, -0.2) is 0 Å². The summed E-state index contributed by atoms with van der Waals surface area (Å²) in [6, 6.07) is 10.6. The molecule has 0 aliphatic heterocycles. The van der Waals surface area contributed by atoms with E-state index in [0.717, 1.165) is 11.3 Å². The molecule has 112 valence electrons. The summed E-state index contributed by atoms with van der Waals surface area (Å²) in [6.45, 7) is 11.0. The minimum Gasteiger partial charge on any atom is -0.489 e. The highest BCUT2D eigenvalue weighted by Gasteiger charge is 2.10. The molecule has 0 amide bonds. The van der Waals surface area contributed by atoms with Gasteiger partial charge in [0.1, 0.15) is 12.4 Å². The van der Waals surface area contributed by atoms with E-state index in [9.17, 15) is 0 Å². The molecule has 2 aromatic carbocycles. The van der Waals surface area contributed by atoms with Gasteiger partial charge in [0, 0.05) is 11.6 Å². The maximum atomic E-state index is 6.09. The van der Waals surface area contributed by atoms with E-state index in [-0.39, 0.29) is 6.04 Å². The van der Waals surface area contributed by atoms with Crippen molar-refractivity contribution in [3.8, 4) is 5.75 Å². The number of hydrogen-bond acceptors (Lipinski definition) is 2. The van der Waals surface area contributed by atoms with Gasteiger partial charge >= 0.3 is 0 Å². The van der Waals surface area contributed by atoms with E-state index in [1.165, 1.54) is 27.8 Å². The fraction of sp³-hybridized carbons (Fsp3) is 0.368. The van der Waals surface area contributed by atoms with Crippen LogP contribution >= 0.6 is 0 Å². The van der Waals surface area contributed by atoms with Gasteiger partial charge in [0.15, 0.2) is 0 Å². The number of nitrogens with two attached hydrogens (primary N) is 1. The number of hydrogen-bond donors (Lipinski definition) is 1. The Bertz CT molecular complexity index is 621. The Morgan fingerprint density at radius 3 is 2.14 bits per heavy atom. The van der Waals surface area contributed by atoms with Gasteiger partial charge in [0.25, 0.3) is 0 Å². The average Bonchev–Trinajstić information content (AvgIpc) is 2.37. The SMILES string of the molecule is Cc1cc(C)c(COc2cc(C)ccc2[C@H](C)N)c(C)c1. The summed E-state index contributed by atoms with van der Waals surface area (Å²) >= 11 is 0. The Morgan fingerprint density at radius 1 is 0.952 bits per heavy atom. The maximum Gasteiger partial charge on any atom is 0.124 e. The second-order valence-corrected chi connectivity index (χ2v) is 6.00. The van der Waals surface area contributed by atoms with Crippen LogP contribution in [0.2, 0.25) is 0 Å². The molecule has 0 aliphatic rings. The normalized spacial score (nSPS) is 12.3. The quantitative estimate of drug-likeness (QED) is 0.895. The number of aryl methyl sites for hydroxylation is 4. The van der Waals surface area contributed by atoms with E-state index in [1.54, 1.807) is 0 Å². The Balaban J connectivity index is 2.26. The van der Waals surface area contributed by atoms with Crippen LogP contribution in [0, 0.1) is 27.7 Å². The summed E-state index contributed by atoms with van der Waals surface area (Å²) in [5, 5.41) is 0. The molecule has 21 heavy (non-hydrogen) atoms. The molecule has 0 saturated carbocycles. The van der Waals surface area contributed by atoms with Gasteiger partial charge in [-0.1, -0.05) is 29.8 Å². The number of ether oxygens (including phenoxy) is 1. The monoisotopic (exact) mass is 283 g/mol. The molecule has 0 aromatic heterocycles. The first-order chi connectivity index (χ1) is 9.88. The summed E-state index contributed by atoms with van der Waals surface area (Å²) in [5.41, 5.74) is 13.4. The lowest BCUT2D eigenvalue weighted by Crippen LogP contribution is -2.09. The topological polar surface area (TPSA) is 35.2 Å². The Morgan fingerprint density at radius 2 is 1.57 bits per heavy atom. The molecule has 0 heterocycles. The Hall–Kier alpha value is -1.80. The first-order valence-electron chi connectivity index (χ1n) is 7.44. The Kier molecular flexibility index (Phi) is 4.69. The number of rotatable bonds is 4. The third-order valence-corrected chi connectivity index (χ3v) is 3.87. The molecule has 0 aliphatic carbocycles. The molecule has 1 atom stereocenters. The zero-order chi connectivity index (χ0) is 15.6. The van der Waals surface area contributed by atoms with Crippen LogP contribution in [0.15, 0.2) is 30.3 Å². The van der Waals surface area contributed by atoms with Crippen LogP contribution in [0.5, 0.6) is 5.75 Å². The molecule has 2 heteroatoms. The summed E-state index contributed by atoms with van der Waals surface area (Å²) < 4.78 is 6.09. The van der Waals surface area contributed by atoms with Crippen molar-refractivity contribution in [1.82, 2.24) is 0 Å². The van der Waals surface area contributed by atoms with E-state index in [0.29, 0.717) is 6.61 Å². The summed E-state index contributed by atoms with van der Waals surface area (Å²) in [6.07, 6.45) is 0. The first-order valence-corrected chi connectivity index (χ1v) is 7.44. The summed E-state index contributed by atoms with van der Waals surface area (Å²) in [4.78, 5) is 0. The van der Waals surface area contributed by atoms with Gasteiger partial charge in [-0.2, -0.15) is 0 Å². The third-order valence-electron chi connectivity index (χ3n) is 3.87. The zero-order valence-electron chi connectivity index (χ0n) is 13.7. The molecule has 0 radical (unpaired) electrons. The molecule has 2 aromatic rings. The first kappa shape index (κ1) is 15.6. The van der Waals surface area contributed by atoms with Gasteiger partial charge in [0.05, 0.1) is 0 Å². The predicted octanol–water partition coefficient (Wildman–Crippen LogP) is 4.52. The van der Waals surface area contributed by atoms with E-state index < -0.39 is 0 Å². The van der Waals surface area contributed by atoms with Crippen LogP contribution < -0.4 is 10.5 Å². The van der Waals surface area contributed by atoms with Crippen molar-refractivity contribution in [2.75, 3.05) is 0 Å². The van der Waals surface area contributed by atoms with E-state index in [4.69, 9.17) is 10.5 Å². The van der Waals surface area contributed by atoms with Gasteiger partial charge in [0.2, 0.25) is 0 Å². The summed E-state index contributed by atoms with van der Waals surface area (Å²) in [7, 11) is 0. The standard InChI is InChI=1S/C19H25NO/c1-12-6-7-17(16(5)20)19(10-12)21-11-18-14(3)8-13(2)9-15(18)4/h6-10,16H,11,20H2,1-5H3/t16-/m0/s1. The van der Waals surface area contributed by atoms with Crippen molar-refractivity contribution in [1.29, 1.82) is 0 Å². The van der Waals surface area contributed by atoms with Gasteiger partial charge in [-0.3, -0.25) is 0 Å². The highest BCUT2D eigenvalue weighted by molar-refractivity contribution is 5.41. The zero-order valence-corrected chi connectivity index (χ0v) is 13.7.